The number of aryl methyl sites for hydroxylation is 1. The van der Waals surface area contributed by atoms with E-state index in [4.69, 9.17) is 4.74 Å². The third-order valence-electron chi connectivity index (χ3n) is 4.15. The van der Waals surface area contributed by atoms with Gasteiger partial charge in [0.1, 0.15) is 5.75 Å². The molecule has 0 radical (unpaired) electrons. The molecule has 1 aliphatic carbocycles. The highest BCUT2D eigenvalue weighted by Gasteiger charge is 2.36. The van der Waals surface area contributed by atoms with E-state index >= 15 is 0 Å². The topological polar surface area (TPSA) is 32.7 Å². The molecule has 3 heteroatoms. The summed E-state index contributed by atoms with van der Waals surface area (Å²) in [6, 6.07) is 6.21. The molecular formula is C15H21NO2. The molecule has 18 heavy (non-hydrogen) atoms. The zero-order chi connectivity index (χ0) is 12.5. The maximum atomic E-state index is 9.68. The molecule has 0 saturated carbocycles. The fourth-order valence-corrected chi connectivity index (χ4v) is 3.34. The van der Waals surface area contributed by atoms with Crippen LogP contribution in [0.3, 0.4) is 0 Å². The summed E-state index contributed by atoms with van der Waals surface area (Å²) in [7, 11) is 0. The molecule has 2 aliphatic rings. The van der Waals surface area contributed by atoms with Crippen LogP contribution in [0.2, 0.25) is 0 Å². The fourth-order valence-electron chi connectivity index (χ4n) is 3.34. The van der Waals surface area contributed by atoms with E-state index in [0.29, 0.717) is 11.8 Å². The maximum absolute atomic E-state index is 9.68. The number of morpholine rings is 1. The molecule has 2 unspecified atom stereocenters. The van der Waals surface area contributed by atoms with Crippen LogP contribution < -0.4 is 0 Å². The van der Waals surface area contributed by atoms with E-state index < -0.39 is 0 Å². The van der Waals surface area contributed by atoms with Gasteiger partial charge in [0.25, 0.3) is 0 Å². The highest BCUT2D eigenvalue weighted by molar-refractivity contribution is 5.39. The number of fused-ring (bicyclic) bond motifs is 3. The highest BCUT2D eigenvalue weighted by atomic mass is 16.5. The van der Waals surface area contributed by atoms with E-state index in [2.05, 4.69) is 11.8 Å². The number of nitrogens with zero attached hydrogens (tertiary/aromatic N) is 1. The molecule has 98 valence electrons. The van der Waals surface area contributed by atoms with E-state index in [1.54, 1.807) is 6.07 Å². The number of phenolic OH excluding ortho intramolecular Hbond substituents is 1. The minimum Gasteiger partial charge on any atom is -0.508 e. The zero-order valence-electron chi connectivity index (χ0n) is 10.9. The van der Waals surface area contributed by atoms with Gasteiger partial charge in [0.05, 0.1) is 12.7 Å². The number of hydrogen-bond acceptors (Lipinski definition) is 3. The van der Waals surface area contributed by atoms with Gasteiger partial charge in [-0.25, -0.2) is 0 Å². The average Bonchev–Trinajstić information content (AvgIpc) is 2.39. The number of rotatable bonds is 2. The Labute approximate surface area is 108 Å². The van der Waals surface area contributed by atoms with Gasteiger partial charge < -0.3 is 9.84 Å². The molecule has 1 heterocycles. The number of ether oxygens (including phenoxy) is 1. The molecule has 0 amide bonds. The highest BCUT2D eigenvalue weighted by Crippen LogP contribution is 2.39. The molecule has 1 saturated heterocycles. The lowest BCUT2D eigenvalue weighted by Crippen LogP contribution is -2.49. The molecule has 3 rings (SSSR count). The first-order chi connectivity index (χ1) is 8.79. The van der Waals surface area contributed by atoms with Crippen LogP contribution >= 0.6 is 0 Å². The molecule has 0 aromatic heterocycles. The van der Waals surface area contributed by atoms with Crippen molar-refractivity contribution in [3.05, 3.63) is 29.3 Å². The van der Waals surface area contributed by atoms with Crippen molar-refractivity contribution in [2.24, 2.45) is 0 Å². The lowest BCUT2D eigenvalue weighted by Gasteiger charge is -2.44. The molecule has 1 fully saturated rings. The maximum Gasteiger partial charge on any atom is 0.115 e. The summed E-state index contributed by atoms with van der Waals surface area (Å²) < 4.78 is 5.99. The lowest BCUT2D eigenvalue weighted by atomic mass is 9.81. The lowest BCUT2D eigenvalue weighted by molar-refractivity contribution is -0.0801. The standard InChI is InChI=1S/C15H21NO2/c1-2-7-16-8-9-18-15-13-10-12(17)5-3-11(13)4-6-14(15)16/h3,5,10,14-15,17H,2,4,6-9H2,1H3/i7-1. The minimum absolute atomic E-state index is 0.154. The van der Waals surface area contributed by atoms with Crippen molar-refractivity contribution >= 4 is 0 Å². The SMILES string of the molecule is CC[11CH2]N1CCOC2c3cc(O)ccc3CCC21. The van der Waals surface area contributed by atoms with Gasteiger partial charge in [0.2, 0.25) is 0 Å². The van der Waals surface area contributed by atoms with Crippen LogP contribution in [0.5, 0.6) is 5.75 Å². The summed E-state index contributed by atoms with van der Waals surface area (Å²) in [5, 5.41) is 9.68. The third kappa shape index (κ3) is 2.02. The minimum atomic E-state index is 0.154. The quantitative estimate of drug-likeness (QED) is 0.870. The van der Waals surface area contributed by atoms with Crippen LogP contribution in [-0.2, 0) is 11.2 Å². The van der Waals surface area contributed by atoms with Crippen molar-refractivity contribution in [3.63, 3.8) is 0 Å². The van der Waals surface area contributed by atoms with E-state index in [1.807, 2.05) is 12.1 Å². The Hall–Kier alpha value is -1.06. The molecule has 3 nitrogen and oxygen atoms in total. The summed E-state index contributed by atoms with van der Waals surface area (Å²) in [5.41, 5.74) is 2.54. The zero-order valence-corrected chi connectivity index (χ0v) is 10.9. The normalized spacial score (nSPS) is 27.6. The second kappa shape index (κ2) is 4.90. The number of hydrogen-bond donors (Lipinski definition) is 1. The average molecular weight is 246 g/mol. The van der Waals surface area contributed by atoms with E-state index in [0.717, 1.165) is 26.1 Å². The largest absolute Gasteiger partial charge is 0.508 e. The number of benzene rings is 1. The molecule has 0 bridgehead atoms. The van der Waals surface area contributed by atoms with Crippen molar-refractivity contribution in [1.82, 2.24) is 4.90 Å². The van der Waals surface area contributed by atoms with Crippen LogP contribution in [0.15, 0.2) is 18.2 Å². The van der Waals surface area contributed by atoms with Gasteiger partial charge in [-0.05, 0) is 49.1 Å². The fraction of sp³-hybridized carbons (Fsp3) is 0.600. The van der Waals surface area contributed by atoms with Crippen LogP contribution in [0, 0.1) is 0 Å². The third-order valence-corrected chi connectivity index (χ3v) is 4.15. The van der Waals surface area contributed by atoms with Gasteiger partial charge in [-0.15, -0.1) is 0 Å². The van der Waals surface area contributed by atoms with Crippen molar-refractivity contribution in [1.29, 1.82) is 0 Å². The van der Waals surface area contributed by atoms with E-state index in [9.17, 15) is 5.11 Å². The second-order valence-electron chi connectivity index (χ2n) is 5.32. The van der Waals surface area contributed by atoms with Gasteiger partial charge in [-0.3, -0.25) is 4.90 Å². The Kier molecular flexibility index (Phi) is 3.27. The molecule has 2 atom stereocenters. The Morgan fingerprint density at radius 3 is 3.17 bits per heavy atom. The molecule has 0 spiro atoms. The van der Waals surface area contributed by atoms with Crippen LogP contribution in [0.1, 0.15) is 37.0 Å². The summed E-state index contributed by atoms with van der Waals surface area (Å²) in [6.07, 6.45) is 3.61. The summed E-state index contributed by atoms with van der Waals surface area (Å²) in [5.74, 6) is 0.352. The molecule has 1 aliphatic heterocycles. The number of phenols is 1. The number of aromatic hydroxyl groups is 1. The Bertz CT molecular complexity index is 431. The first-order valence-corrected chi connectivity index (χ1v) is 6.97. The summed E-state index contributed by atoms with van der Waals surface area (Å²) in [4.78, 5) is 2.56. The Morgan fingerprint density at radius 1 is 1.44 bits per heavy atom. The Balaban J connectivity index is 1.91. The molecular weight excluding hydrogens is 225 g/mol. The van der Waals surface area contributed by atoms with Crippen LogP contribution in [0.4, 0.5) is 0 Å². The second-order valence-corrected chi connectivity index (χ2v) is 5.32. The predicted molar refractivity (Wildman–Crippen MR) is 70.8 cm³/mol. The van der Waals surface area contributed by atoms with Gasteiger partial charge in [0.15, 0.2) is 0 Å². The van der Waals surface area contributed by atoms with Gasteiger partial charge in [-0.2, -0.15) is 0 Å². The monoisotopic (exact) mass is 246 g/mol. The van der Waals surface area contributed by atoms with Crippen molar-refractivity contribution in [2.75, 3.05) is 19.7 Å². The first kappa shape index (κ1) is 12.0. The summed E-state index contributed by atoms with van der Waals surface area (Å²) >= 11 is 0. The van der Waals surface area contributed by atoms with Crippen LogP contribution in [0.25, 0.3) is 0 Å². The van der Waals surface area contributed by atoms with Gasteiger partial charge >= 0.3 is 0 Å². The van der Waals surface area contributed by atoms with Crippen molar-refractivity contribution in [3.8, 4) is 5.75 Å². The smallest absolute Gasteiger partial charge is 0.115 e. The molecule has 1 aromatic carbocycles. The van der Waals surface area contributed by atoms with Crippen LogP contribution in [-0.4, -0.2) is 35.7 Å². The van der Waals surface area contributed by atoms with Gasteiger partial charge in [0, 0.05) is 12.6 Å². The summed E-state index contributed by atoms with van der Waals surface area (Å²) in [6.45, 7) is 5.23. The van der Waals surface area contributed by atoms with E-state index in [1.165, 1.54) is 24.0 Å². The van der Waals surface area contributed by atoms with E-state index in [-0.39, 0.29) is 6.10 Å². The molecule has 1 aromatic rings. The first-order valence-electron chi connectivity index (χ1n) is 6.97. The van der Waals surface area contributed by atoms with Gasteiger partial charge in [-0.1, -0.05) is 13.0 Å². The predicted octanol–water partition coefficient (Wildman–Crippen LogP) is 2.49. The van der Waals surface area contributed by atoms with Crippen molar-refractivity contribution in [2.45, 2.75) is 38.3 Å². The Morgan fingerprint density at radius 2 is 2.33 bits per heavy atom. The molecule has 1 N–H and O–H groups in total. The van der Waals surface area contributed by atoms with Crippen molar-refractivity contribution < 1.29 is 9.84 Å².